The van der Waals surface area contributed by atoms with Gasteiger partial charge in [0.15, 0.2) is 0 Å². The van der Waals surface area contributed by atoms with Gasteiger partial charge in [0.25, 0.3) is 0 Å². The van der Waals surface area contributed by atoms with Crippen molar-refractivity contribution in [1.82, 2.24) is 0 Å². The van der Waals surface area contributed by atoms with Crippen molar-refractivity contribution in [3.8, 4) is 0 Å². The molecule has 0 heterocycles. The van der Waals surface area contributed by atoms with E-state index in [9.17, 15) is 9.90 Å². The summed E-state index contributed by atoms with van der Waals surface area (Å²) >= 11 is 0. The molecule has 0 fully saturated rings. The van der Waals surface area contributed by atoms with Crippen LogP contribution in [-0.4, -0.2) is 21.8 Å². The van der Waals surface area contributed by atoms with Crippen molar-refractivity contribution in [2.24, 2.45) is 5.92 Å². The Bertz CT molecular complexity index is 179. The highest BCUT2D eigenvalue weighted by atomic mass is 16.4. The molecule has 0 aromatic rings. The molecule has 3 heteroatoms. The Labute approximate surface area is 86.1 Å². The van der Waals surface area contributed by atoms with Crippen molar-refractivity contribution in [3.05, 3.63) is 0 Å². The number of hydrogen-bond acceptors (Lipinski definition) is 2. The number of rotatable bonds is 7. The summed E-state index contributed by atoms with van der Waals surface area (Å²) in [5, 5.41) is 18.7. The van der Waals surface area contributed by atoms with E-state index in [0.29, 0.717) is 25.2 Å². The van der Waals surface area contributed by atoms with Gasteiger partial charge in [0.2, 0.25) is 0 Å². The standard InChI is InChI=1S/C11H22O3/c1-4-9(3)8-11(14,5-2)7-6-10(12)13/h9,14H,4-8H2,1-3H3,(H,12,13). The maximum Gasteiger partial charge on any atom is 0.303 e. The topological polar surface area (TPSA) is 57.5 Å². The van der Waals surface area contributed by atoms with Crippen LogP contribution in [0, 0.1) is 5.92 Å². The molecule has 84 valence electrons. The average Bonchev–Trinajstić information content (AvgIpc) is 2.14. The number of carbonyl (C=O) groups is 1. The van der Waals surface area contributed by atoms with E-state index in [2.05, 4.69) is 13.8 Å². The Hall–Kier alpha value is -0.570. The molecule has 0 rings (SSSR count). The van der Waals surface area contributed by atoms with Crippen molar-refractivity contribution in [2.45, 2.75) is 58.5 Å². The summed E-state index contributed by atoms with van der Waals surface area (Å²) in [6.07, 6.45) is 2.78. The molecular formula is C11H22O3. The van der Waals surface area contributed by atoms with Crippen molar-refractivity contribution in [3.63, 3.8) is 0 Å². The number of carboxylic acids is 1. The van der Waals surface area contributed by atoms with Crippen LogP contribution in [0.1, 0.15) is 52.9 Å². The lowest BCUT2D eigenvalue weighted by atomic mass is 9.84. The molecular weight excluding hydrogens is 180 g/mol. The predicted molar refractivity (Wildman–Crippen MR) is 56.2 cm³/mol. The van der Waals surface area contributed by atoms with Gasteiger partial charge in [-0.2, -0.15) is 0 Å². The molecule has 0 amide bonds. The third kappa shape index (κ3) is 5.22. The van der Waals surface area contributed by atoms with Crippen molar-refractivity contribution < 1.29 is 15.0 Å². The lowest BCUT2D eigenvalue weighted by Crippen LogP contribution is -2.30. The van der Waals surface area contributed by atoms with E-state index in [-0.39, 0.29) is 6.42 Å². The Morgan fingerprint density at radius 2 is 2.00 bits per heavy atom. The highest BCUT2D eigenvalue weighted by Crippen LogP contribution is 2.27. The van der Waals surface area contributed by atoms with Crippen LogP contribution in [0.15, 0.2) is 0 Å². The summed E-state index contributed by atoms with van der Waals surface area (Å²) in [5.41, 5.74) is -0.784. The fourth-order valence-corrected chi connectivity index (χ4v) is 1.56. The van der Waals surface area contributed by atoms with E-state index >= 15 is 0 Å². The minimum atomic E-state index is -0.832. The number of hydrogen-bond donors (Lipinski definition) is 2. The van der Waals surface area contributed by atoms with Gasteiger partial charge in [-0.15, -0.1) is 0 Å². The summed E-state index contributed by atoms with van der Waals surface area (Å²) in [6.45, 7) is 6.07. The quantitative estimate of drug-likeness (QED) is 0.666. The van der Waals surface area contributed by atoms with Crippen LogP contribution < -0.4 is 0 Å². The zero-order valence-electron chi connectivity index (χ0n) is 9.42. The average molecular weight is 202 g/mol. The highest BCUT2D eigenvalue weighted by Gasteiger charge is 2.27. The van der Waals surface area contributed by atoms with Gasteiger partial charge in [-0.05, 0) is 25.2 Å². The number of aliphatic carboxylic acids is 1. The first-order chi connectivity index (χ1) is 6.43. The molecule has 0 aromatic carbocycles. The molecule has 3 nitrogen and oxygen atoms in total. The minimum Gasteiger partial charge on any atom is -0.481 e. The third-order valence-electron chi connectivity index (χ3n) is 2.89. The summed E-state index contributed by atoms with van der Waals surface area (Å²) in [6, 6.07) is 0. The lowest BCUT2D eigenvalue weighted by molar-refractivity contribution is -0.138. The monoisotopic (exact) mass is 202 g/mol. The zero-order chi connectivity index (χ0) is 11.2. The second-order valence-electron chi connectivity index (χ2n) is 4.19. The molecule has 2 unspecified atom stereocenters. The maximum atomic E-state index is 10.4. The Morgan fingerprint density at radius 1 is 1.43 bits per heavy atom. The molecule has 0 aliphatic rings. The maximum absolute atomic E-state index is 10.4. The van der Waals surface area contributed by atoms with Gasteiger partial charge in [-0.25, -0.2) is 0 Å². The Balaban J connectivity index is 4.10. The van der Waals surface area contributed by atoms with Gasteiger partial charge in [0.05, 0.1) is 5.60 Å². The summed E-state index contributed by atoms with van der Waals surface area (Å²) in [4.78, 5) is 10.4. The zero-order valence-corrected chi connectivity index (χ0v) is 9.42. The molecule has 0 aromatic heterocycles. The molecule has 0 aliphatic heterocycles. The van der Waals surface area contributed by atoms with E-state index in [1.165, 1.54) is 0 Å². The van der Waals surface area contributed by atoms with Crippen LogP contribution in [-0.2, 0) is 4.79 Å². The molecule has 0 aliphatic carbocycles. The van der Waals surface area contributed by atoms with Crippen LogP contribution >= 0.6 is 0 Å². The van der Waals surface area contributed by atoms with Crippen molar-refractivity contribution in [2.75, 3.05) is 0 Å². The van der Waals surface area contributed by atoms with Crippen LogP contribution in [0.3, 0.4) is 0 Å². The van der Waals surface area contributed by atoms with E-state index in [1.807, 2.05) is 6.92 Å². The van der Waals surface area contributed by atoms with Crippen LogP contribution in [0.2, 0.25) is 0 Å². The smallest absolute Gasteiger partial charge is 0.303 e. The molecule has 14 heavy (non-hydrogen) atoms. The predicted octanol–water partition coefficient (Wildman–Crippen LogP) is 2.43. The van der Waals surface area contributed by atoms with E-state index in [1.54, 1.807) is 0 Å². The SMILES string of the molecule is CCC(C)CC(O)(CC)CCC(=O)O. The van der Waals surface area contributed by atoms with Crippen LogP contribution in [0.25, 0.3) is 0 Å². The lowest BCUT2D eigenvalue weighted by Gasteiger charge is -2.29. The second kappa shape index (κ2) is 6.02. The third-order valence-corrected chi connectivity index (χ3v) is 2.89. The fraction of sp³-hybridized carbons (Fsp3) is 0.909. The largest absolute Gasteiger partial charge is 0.481 e. The van der Waals surface area contributed by atoms with Gasteiger partial charge in [-0.1, -0.05) is 27.2 Å². The molecule has 0 radical (unpaired) electrons. The van der Waals surface area contributed by atoms with E-state index < -0.39 is 11.6 Å². The Morgan fingerprint density at radius 3 is 2.36 bits per heavy atom. The van der Waals surface area contributed by atoms with E-state index in [0.717, 1.165) is 6.42 Å². The molecule has 2 N–H and O–H groups in total. The summed E-state index contributed by atoms with van der Waals surface area (Å²) < 4.78 is 0. The van der Waals surface area contributed by atoms with Crippen molar-refractivity contribution >= 4 is 5.97 Å². The summed E-state index contributed by atoms with van der Waals surface area (Å²) in [7, 11) is 0. The van der Waals surface area contributed by atoms with Gasteiger partial charge in [-0.3, -0.25) is 4.79 Å². The summed E-state index contributed by atoms with van der Waals surface area (Å²) in [5.74, 6) is -0.380. The fourth-order valence-electron chi connectivity index (χ4n) is 1.56. The molecule has 0 saturated heterocycles. The first-order valence-electron chi connectivity index (χ1n) is 5.37. The molecule has 0 bridgehead atoms. The molecule has 2 atom stereocenters. The minimum absolute atomic E-state index is 0.0563. The number of carboxylic acid groups (broad SMARTS) is 1. The van der Waals surface area contributed by atoms with Gasteiger partial charge >= 0.3 is 5.97 Å². The van der Waals surface area contributed by atoms with Crippen LogP contribution in [0.5, 0.6) is 0 Å². The molecule has 0 spiro atoms. The van der Waals surface area contributed by atoms with Crippen LogP contribution in [0.4, 0.5) is 0 Å². The Kier molecular flexibility index (Phi) is 5.77. The van der Waals surface area contributed by atoms with Gasteiger partial charge in [0.1, 0.15) is 0 Å². The normalized spacial score (nSPS) is 17.4. The molecule has 0 saturated carbocycles. The van der Waals surface area contributed by atoms with Gasteiger partial charge in [0, 0.05) is 6.42 Å². The highest BCUT2D eigenvalue weighted by molar-refractivity contribution is 5.66. The van der Waals surface area contributed by atoms with E-state index in [4.69, 9.17) is 5.11 Å². The van der Waals surface area contributed by atoms with Gasteiger partial charge < -0.3 is 10.2 Å². The first kappa shape index (κ1) is 13.4. The first-order valence-corrected chi connectivity index (χ1v) is 5.37. The second-order valence-corrected chi connectivity index (χ2v) is 4.19. The van der Waals surface area contributed by atoms with Crippen molar-refractivity contribution in [1.29, 1.82) is 0 Å². The number of aliphatic hydroxyl groups is 1.